The van der Waals surface area contributed by atoms with Crippen molar-refractivity contribution in [1.82, 2.24) is 4.98 Å². The largest absolute Gasteiger partial charge is 0.464 e. The van der Waals surface area contributed by atoms with Gasteiger partial charge in [-0.05, 0) is 22.8 Å². The van der Waals surface area contributed by atoms with Gasteiger partial charge in [0.25, 0.3) is 0 Å². The molecule has 72 valence electrons. The first-order valence-electron chi connectivity index (χ1n) is 3.48. The molecule has 0 unspecified atom stereocenters. The smallest absolute Gasteiger partial charge is 0.356 e. The van der Waals surface area contributed by atoms with Crippen molar-refractivity contribution in [1.29, 1.82) is 0 Å². The van der Waals surface area contributed by atoms with Gasteiger partial charge in [-0.25, -0.2) is 9.78 Å². The summed E-state index contributed by atoms with van der Waals surface area (Å²) in [5.41, 5.74) is 8.27. The van der Waals surface area contributed by atoms with Gasteiger partial charge in [-0.2, -0.15) is 0 Å². The zero-order valence-electron chi connectivity index (χ0n) is 7.14. The molecule has 1 aromatic heterocycles. The van der Waals surface area contributed by atoms with Crippen LogP contribution in [0.25, 0.3) is 10.4 Å². The number of pyridine rings is 1. The number of aromatic nitrogens is 1. The fourth-order valence-corrected chi connectivity index (χ4v) is 1.21. The minimum Gasteiger partial charge on any atom is -0.464 e. The number of halogens is 1. The van der Waals surface area contributed by atoms with Crippen LogP contribution < -0.4 is 0 Å². The Bertz CT molecular complexity index is 414. The first kappa shape index (κ1) is 10.5. The van der Waals surface area contributed by atoms with Crippen LogP contribution in [0.1, 0.15) is 10.5 Å². The van der Waals surface area contributed by atoms with Gasteiger partial charge < -0.3 is 4.74 Å². The standard InChI is InChI=1S/C7H5BrN4O2/c1-14-7(13)5-2-4(8)3-6(10-5)11-12-9/h2-3H,1H3. The molecule has 14 heavy (non-hydrogen) atoms. The normalized spacial score (nSPS) is 9.00. The summed E-state index contributed by atoms with van der Waals surface area (Å²) in [5, 5.41) is 3.28. The first-order chi connectivity index (χ1) is 6.67. The summed E-state index contributed by atoms with van der Waals surface area (Å²) in [4.78, 5) is 17.4. The Morgan fingerprint density at radius 1 is 1.71 bits per heavy atom. The minimum absolute atomic E-state index is 0.0873. The first-order valence-corrected chi connectivity index (χ1v) is 4.27. The topological polar surface area (TPSA) is 88.0 Å². The summed E-state index contributed by atoms with van der Waals surface area (Å²) in [6.45, 7) is 0. The highest BCUT2D eigenvalue weighted by Crippen LogP contribution is 2.18. The molecule has 0 aromatic carbocycles. The average molecular weight is 257 g/mol. The summed E-state index contributed by atoms with van der Waals surface area (Å²) in [6, 6.07) is 2.97. The molecule has 7 heteroatoms. The molecule has 0 atom stereocenters. The minimum atomic E-state index is -0.583. The van der Waals surface area contributed by atoms with Gasteiger partial charge >= 0.3 is 5.97 Å². The van der Waals surface area contributed by atoms with Crippen LogP contribution in [-0.4, -0.2) is 18.1 Å². The number of carbonyl (C=O) groups is 1. The maximum atomic E-state index is 11.1. The van der Waals surface area contributed by atoms with Gasteiger partial charge in [0.05, 0.1) is 7.11 Å². The van der Waals surface area contributed by atoms with Crippen molar-refractivity contribution in [2.75, 3.05) is 7.11 Å². The molecule has 0 amide bonds. The van der Waals surface area contributed by atoms with E-state index in [4.69, 9.17) is 5.53 Å². The van der Waals surface area contributed by atoms with E-state index < -0.39 is 5.97 Å². The Kier molecular flexibility index (Phi) is 3.44. The molecule has 0 aliphatic rings. The van der Waals surface area contributed by atoms with Gasteiger partial charge in [0, 0.05) is 9.38 Å². The van der Waals surface area contributed by atoms with E-state index in [1.807, 2.05) is 0 Å². The predicted molar refractivity (Wildman–Crippen MR) is 52.1 cm³/mol. The molecule has 0 fully saturated rings. The second-order valence-corrected chi connectivity index (χ2v) is 3.13. The Labute approximate surface area is 87.7 Å². The average Bonchev–Trinajstić information content (AvgIpc) is 2.16. The molecule has 1 rings (SSSR count). The monoisotopic (exact) mass is 256 g/mol. The Balaban J connectivity index is 3.19. The molecule has 0 saturated carbocycles. The van der Waals surface area contributed by atoms with Gasteiger partial charge in [-0.15, -0.1) is 0 Å². The van der Waals surface area contributed by atoms with Crippen LogP contribution >= 0.6 is 15.9 Å². The Morgan fingerprint density at radius 3 is 3.00 bits per heavy atom. The number of azide groups is 1. The van der Waals surface area contributed by atoms with Crippen molar-refractivity contribution >= 4 is 27.7 Å². The molecular formula is C7H5BrN4O2. The van der Waals surface area contributed by atoms with Crippen molar-refractivity contribution in [2.45, 2.75) is 0 Å². The number of nitrogens with zero attached hydrogens (tertiary/aromatic N) is 4. The Hall–Kier alpha value is -1.59. The third-order valence-electron chi connectivity index (χ3n) is 1.32. The number of esters is 1. The lowest BCUT2D eigenvalue weighted by Gasteiger charge is -1.99. The van der Waals surface area contributed by atoms with Gasteiger partial charge in [0.15, 0.2) is 0 Å². The summed E-state index contributed by atoms with van der Waals surface area (Å²) >= 11 is 3.15. The van der Waals surface area contributed by atoms with Crippen LogP contribution in [0.5, 0.6) is 0 Å². The highest BCUT2D eigenvalue weighted by molar-refractivity contribution is 9.10. The van der Waals surface area contributed by atoms with Crippen LogP contribution in [0.2, 0.25) is 0 Å². The zero-order valence-corrected chi connectivity index (χ0v) is 8.72. The molecule has 0 saturated heterocycles. The van der Waals surface area contributed by atoms with E-state index in [0.29, 0.717) is 4.47 Å². The lowest BCUT2D eigenvalue weighted by atomic mass is 10.3. The molecule has 0 N–H and O–H groups in total. The van der Waals surface area contributed by atoms with Gasteiger partial charge in [-0.1, -0.05) is 15.9 Å². The molecule has 1 aromatic rings. The highest BCUT2D eigenvalue weighted by atomic mass is 79.9. The summed E-state index contributed by atoms with van der Waals surface area (Å²) in [7, 11) is 1.25. The quantitative estimate of drug-likeness (QED) is 0.353. The lowest BCUT2D eigenvalue weighted by molar-refractivity contribution is 0.0594. The maximum Gasteiger partial charge on any atom is 0.356 e. The van der Waals surface area contributed by atoms with Gasteiger partial charge in [-0.3, -0.25) is 0 Å². The summed E-state index contributed by atoms with van der Waals surface area (Å²) < 4.78 is 5.06. The van der Waals surface area contributed by atoms with E-state index in [1.165, 1.54) is 19.2 Å². The van der Waals surface area contributed by atoms with Crippen molar-refractivity contribution in [3.63, 3.8) is 0 Å². The molecule has 0 bridgehead atoms. The maximum absolute atomic E-state index is 11.1. The number of rotatable bonds is 2. The number of carbonyl (C=O) groups excluding carboxylic acids is 1. The molecule has 6 nitrogen and oxygen atoms in total. The molecule has 0 radical (unpaired) electrons. The lowest BCUT2D eigenvalue weighted by Crippen LogP contribution is -2.03. The zero-order chi connectivity index (χ0) is 10.6. The highest BCUT2D eigenvalue weighted by Gasteiger charge is 2.08. The van der Waals surface area contributed by atoms with E-state index in [1.54, 1.807) is 0 Å². The van der Waals surface area contributed by atoms with Gasteiger partial charge in [0.1, 0.15) is 11.5 Å². The third kappa shape index (κ3) is 2.45. The fourth-order valence-electron chi connectivity index (χ4n) is 0.790. The SMILES string of the molecule is COC(=O)c1cc(Br)cc(N=[N+]=[N-])n1. The number of hydrogen-bond donors (Lipinski definition) is 0. The van der Waals surface area contributed by atoms with Crippen LogP contribution in [0.3, 0.4) is 0 Å². The van der Waals surface area contributed by atoms with Crippen LogP contribution in [0, 0.1) is 0 Å². The van der Waals surface area contributed by atoms with Crippen molar-refractivity contribution in [2.24, 2.45) is 5.11 Å². The molecule has 0 spiro atoms. The summed E-state index contributed by atoms with van der Waals surface area (Å²) in [5.74, 6) is -0.469. The van der Waals surface area contributed by atoms with Gasteiger partial charge in [0.2, 0.25) is 0 Å². The number of ether oxygens (including phenoxy) is 1. The molecule has 1 heterocycles. The second-order valence-electron chi connectivity index (χ2n) is 2.21. The van der Waals surface area contributed by atoms with Crippen molar-refractivity contribution in [3.8, 4) is 0 Å². The predicted octanol–water partition coefficient (Wildman–Crippen LogP) is 2.57. The van der Waals surface area contributed by atoms with E-state index in [0.717, 1.165) is 0 Å². The number of hydrogen-bond acceptors (Lipinski definition) is 4. The van der Waals surface area contributed by atoms with E-state index in [-0.39, 0.29) is 11.5 Å². The summed E-state index contributed by atoms with van der Waals surface area (Å²) in [6.07, 6.45) is 0. The second kappa shape index (κ2) is 4.59. The van der Waals surface area contributed by atoms with E-state index in [2.05, 4.69) is 35.7 Å². The van der Waals surface area contributed by atoms with E-state index in [9.17, 15) is 4.79 Å². The van der Waals surface area contributed by atoms with E-state index >= 15 is 0 Å². The van der Waals surface area contributed by atoms with Crippen LogP contribution in [0.15, 0.2) is 21.7 Å². The van der Waals surface area contributed by atoms with Crippen molar-refractivity contribution in [3.05, 3.63) is 32.7 Å². The Morgan fingerprint density at radius 2 is 2.43 bits per heavy atom. The third-order valence-corrected chi connectivity index (χ3v) is 1.78. The van der Waals surface area contributed by atoms with Crippen LogP contribution in [0.4, 0.5) is 5.82 Å². The van der Waals surface area contributed by atoms with Crippen molar-refractivity contribution < 1.29 is 9.53 Å². The number of methoxy groups -OCH3 is 1. The fraction of sp³-hybridized carbons (Fsp3) is 0.143. The molecule has 0 aliphatic heterocycles. The molecular weight excluding hydrogens is 252 g/mol. The molecule has 0 aliphatic carbocycles. The van der Waals surface area contributed by atoms with Crippen LogP contribution in [-0.2, 0) is 4.74 Å².